The lowest BCUT2D eigenvalue weighted by atomic mass is 10.3. The fraction of sp³-hybridized carbons (Fsp3) is 1.00. The van der Waals surface area contributed by atoms with Crippen LogP contribution in [0.15, 0.2) is 0 Å². The molecule has 2 fully saturated rings. The maximum absolute atomic E-state index is 12.8. The number of piperidine rings is 1. The summed E-state index contributed by atoms with van der Waals surface area (Å²) in [6, 6.07) is 0. The van der Waals surface area contributed by atoms with Crippen LogP contribution in [0.25, 0.3) is 0 Å². The lowest BCUT2D eigenvalue weighted by molar-refractivity contribution is -0.0320. The van der Waals surface area contributed by atoms with Gasteiger partial charge in [-0.25, -0.2) is 17.6 Å². The van der Waals surface area contributed by atoms with E-state index < -0.39 is 36.8 Å². The van der Waals surface area contributed by atoms with E-state index in [0.717, 1.165) is 0 Å². The molecule has 6 heteroatoms. The van der Waals surface area contributed by atoms with Crippen LogP contribution in [0, 0.1) is 11.8 Å². The Hall–Kier alpha value is -0.360. The van der Waals surface area contributed by atoms with Gasteiger partial charge in [-0.15, -0.1) is 0 Å². The summed E-state index contributed by atoms with van der Waals surface area (Å²) in [4.78, 5) is 1.37. The van der Waals surface area contributed by atoms with Crippen LogP contribution >= 0.6 is 0 Å². The van der Waals surface area contributed by atoms with Gasteiger partial charge >= 0.3 is 0 Å². The average molecular weight is 212 g/mol. The zero-order valence-electron chi connectivity index (χ0n) is 7.52. The topological polar surface area (TPSA) is 29.3 Å². The van der Waals surface area contributed by atoms with Gasteiger partial charge in [0.25, 0.3) is 11.8 Å². The van der Waals surface area contributed by atoms with Crippen LogP contribution in [-0.4, -0.2) is 42.9 Å². The van der Waals surface area contributed by atoms with E-state index >= 15 is 0 Å². The van der Waals surface area contributed by atoms with Crippen LogP contribution in [0.3, 0.4) is 0 Å². The van der Waals surface area contributed by atoms with Crippen LogP contribution in [-0.2, 0) is 0 Å². The zero-order valence-corrected chi connectivity index (χ0v) is 7.52. The molecular weight excluding hydrogens is 200 g/mol. The Morgan fingerprint density at radius 1 is 1.29 bits per heavy atom. The van der Waals surface area contributed by atoms with Gasteiger partial charge in [-0.3, -0.25) is 4.90 Å². The molecule has 2 unspecified atom stereocenters. The molecule has 0 radical (unpaired) electrons. The highest BCUT2D eigenvalue weighted by atomic mass is 19.3. The molecule has 1 aliphatic heterocycles. The lowest BCUT2D eigenvalue weighted by Gasteiger charge is -2.24. The van der Waals surface area contributed by atoms with Crippen LogP contribution in [0.1, 0.15) is 0 Å². The SMILES string of the molecule is NCC(F)(F)CN1CC2C(C1)C2(F)F. The third-order valence-corrected chi connectivity index (χ3v) is 3.03. The van der Waals surface area contributed by atoms with Crippen molar-refractivity contribution < 1.29 is 17.6 Å². The van der Waals surface area contributed by atoms with Crippen LogP contribution in [0.4, 0.5) is 17.6 Å². The van der Waals surface area contributed by atoms with Crippen LogP contribution < -0.4 is 5.73 Å². The quantitative estimate of drug-likeness (QED) is 0.700. The second-order valence-corrected chi connectivity index (χ2v) is 4.14. The summed E-state index contributed by atoms with van der Waals surface area (Å²) in [6.45, 7) is -1.07. The van der Waals surface area contributed by atoms with Crippen molar-refractivity contribution in [2.24, 2.45) is 17.6 Å². The fourth-order valence-corrected chi connectivity index (χ4v) is 2.11. The van der Waals surface area contributed by atoms with Crippen LogP contribution in [0.5, 0.6) is 0 Å². The second-order valence-electron chi connectivity index (χ2n) is 4.14. The first kappa shape index (κ1) is 10.2. The Morgan fingerprint density at radius 3 is 2.21 bits per heavy atom. The van der Waals surface area contributed by atoms with Crippen molar-refractivity contribution >= 4 is 0 Å². The molecule has 0 aromatic heterocycles. The Morgan fingerprint density at radius 2 is 1.79 bits per heavy atom. The fourth-order valence-electron chi connectivity index (χ4n) is 2.11. The number of nitrogens with zero attached hydrogens (tertiary/aromatic N) is 1. The maximum atomic E-state index is 12.8. The molecule has 2 nitrogen and oxygen atoms in total. The van der Waals surface area contributed by atoms with Crippen molar-refractivity contribution in [1.29, 1.82) is 0 Å². The summed E-state index contributed by atoms with van der Waals surface area (Å²) in [6.07, 6.45) is 0. The molecule has 0 bridgehead atoms. The highest BCUT2D eigenvalue weighted by molar-refractivity contribution is 5.12. The first-order valence-corrected chi connectivity index (χ1v) is 4.55. The third kappa shape index (κ3) is 1.50. The molecule has 2 aliphatic rings. The molecule has 1 saturated heterocycles. The van der Waals surface area contributed by atoms with E-state index in [-0.39, 0.29) is 13.1 Å². The van der Waals surface area contributed by atoms with Crippen molar-refractivity contribution in [3.63, 3.8) is 0 Å². The maximum Gasteiger partial charge on any atom is 0.272 e. The Balaban J connectivity index is 1.83. The molecule has 0 aromatic carbocycles. The number of hydrogen-bond donors (Lipinski definition) is 1. The predicted molar refractivity (Wildman–Crippen MR) is 42.4 cm³/mol. The average Bonchev–Trinajstić information content (AvgIpc) is 2.52. The number of alkyl halides is 4. The Kier molecular flexibility index (Phi) is 2.05. The van der Waals surface area contributed by atoms with Gasteiger partial charge in [0.05, 0.1) is 13.1 Å². The minimum absolute atomic E-state index is 0.0766. The monoisotopic (exact) mass is 212 g/mol. The lowest BCUT2D eigenvalue weighted by Crippen LogP contribution is -2.42. The third-order valence-electron chi connectivity index (χ3n) is 3.03. The summed E-state index contributed by atoms with van der Waals surface area (Å²) < 4.78 is 51.0. The first-order valence-electron chi connectivity index (χ1n) is 4.55. The number of likely N-dealkylation sites (tertiary alicyclic amines) is 1. The summed E-state index contributed by atoms with van der Waals surface area (Å²) in [5.41, 5.74) is 4.86. The van der Waals surface area contributed by atoms with Crippen molar-refractivity contribution in [3.05, 3.63) is 0 Å². The summed E-state index contributed by atoms with van der Waals surface area (Å²) in [5.74, 6) is -6.95. The van der Waals surface area contributed by atoms with Gasteiger partial charge in [0.1, 0.15) is 0 Å². The standard InChI is InChI=1S/C8H12F4N2/c9-7(10,3-13)4-14-1-5-6(2-14)8(5,11)12/h5-6H,1-4,13H2. The van der Waals surface area contributed by atoms with Gasteiger partial charge in [0.2, 0.25) is 0 Å². The zero-order chi connectivity index (χ0) is 10.6. The minimum Gasteiger partial charge on any atom is -0.325 e. The molecule has 2 rings (SSSR count). The van der Waals surface area contributed by atoms with Crippen molar-refractivity contribution in [3.8, 4) is 0 Å². The predicted octanol–water partition coefficient (Wildman–Crippen LogP) is 0.777. The molecule has 82 valence electrons. The van der Waals surface area contributed by atoms with Crippen molar-refractivity contribution in [2.45, 2.75) is 11.8 Å². The molecule has 2 atom stereocenters. The van der Waals surface area contributed by atoms with Crippen LogP contribution in [0.2, 0.25) is 0 Å². The number of nitrogens with two attached hydrogens (primary N) is 1. The second kappa shape index (κ2) is 2.82. The first-order chi connectivity index (χ1) is 6.37. The van der Waals surface area contributed by atoms with Gasteiger partial charge in [0, 0.05) is 24.9 Å². The van der Waals surface area contributed by atoms with Gasteiger partial charge in [-0.2, -0.15) is 0 Å². The van der Waals surface area contributed by atoms with E-state index in [0.29, 0.717) is 0 Å². The van der Waals surface area contributed by atoms with E-state index in [1.54, 1.807) is 0 Å². The molecule has 0 aromatic rings. The van der Waals surface area contributed by atoms with Gasteiger partial charge in [-0.1, -0.05) is 0 Å². The number of halogens is 4. The molecular formula is C8H12F4N2. The molecule has 1 aliphatic carbocycles. The van der Waals surface area contributed by atoms with E-state index in [2.05, 4.69) is 0 Å². The highest BCUT2D eigenvalue weighted by Gasteiger charge is 2.71. The number of rotatable bonds is 3. The van der Waals surface area contributed by atoms with Gasteiger partial charge < -0.3 is 5.73 Å². The molecule has 0 amide bonds. The van der Waals surface area contributed by atoms with E-state index in [4.69, 9.17) is 5.73 Å². The number of hydrogen-bond acceptors (Lipinski definition) is 2. The van der Waals surface area contributed by atoms with Crippen molar-refractivity contribution in [2.75, 3.05) is 26.2 Å². The normalized spacial score (nSPS) is 35.8. The molecule has 0 spiro atoms. The summed E-state index contributed by atoms with van der Waals surface area (Å²) in [7, 11) is 0. The van der Waals surface area contributed by atoms with E-state index in [1.807, 2.05) is 0 Å². The Labute approximate surface area is 79.0 Å². The van der Waals surface area contributed by atoms with E-state index in [9.17, 15) is 17.6 Å². The van der Waals surface area contributed by atoms with Gasteiger partial charge in [0.15, 0.2) is 0 Å². The number of fused-ring (bicyclic) bond motifs is 1. The Bertz CT molecular complexity index is 229. The molecule has 1 saturated carbocycles. The summed E-state index contributed by atoms with van der Waals surface area (Å²) in [5, 5.41) is 0. The molecule has 1 heterocycles. The van der Waals surface area contributed by atoms with Crippen molar-refractivity contribution in [1.82, 2.24) is 4.90 Å². The molecule has 2 N–H and O–H groups in total. The highest BCUT2D eigenvalue weighted by Crippen LogP contribution is 2.59. The summed E-state index contributed by atoms with van der Waals surface area (Å²) >= 11 is 0. The minimum atomic E-state index is -2.95. The van der Waals surface area contributed by atoms with E-state index in [1.165, 1.54) is 4.90 Å². The van der Waals surface area contributed by atoms with Gasteiger partial charge in [-0.05, 0) is 0 Å². The largest absolute Gasteiger partial charge is 0.325 e. The molecule has 14 heavy (non-hydrogen) atoms. The smallest absolute Gasteiger partial charge is 0.272 e.